The monoisotopic (exact) mass is 379 g/mol. The predicted octanol–water partition coefficient (Wildman–Crippen LogP) is 2.86. The van der Waals surface area contributed by atoms with E-state index in [0.29, 0.717) is 5.82 Å². The zero-order valence-corrected chi connectivity index (χ0v) is 15.3. The van der Waals surface area contributed by atoms with E-state index in [1.165, 1.54) is 4.68 Å². The summed E-state index contributed by atoms with van der Waals surface area (Å²) >= 11 is 0. The highest BCUT2D eigenvalue weighted by Crippen LogP contribution is 2.21. The van der Waals surface area contributed by atoms with Gasteiger partial charge >= 0.3 is 0 Å². The lowest BCUT2D eigenvalue weighted by Gasteiger charge is -2.14. The number of sulfonamides is 1. The summed E-state index contributed by atoms with van der Waals surface area (Å²) in [5, 5.41) is 13.5. The molecule has 0 saturated carbocycles. The standard InChI is InChI=1S/C19H17N5O2S/c1-14(19-20-22-23-24(19)17-9-3-2-4-10-17)21-27(25,26)18-12-11-15-7-5-6-8-16(15)13-18/h2-14,21H,1H3. The number of para-hydroxylation sites is 1. The summed E-state index contributed by atoms with van der Waals surface area (Å²) in [6, 6.07) is 21.4. The number of benzene rings is 3. The van der Waals surface area contributed by atoms with Crippen LogP contribution in [0.25, 0.3) is 16.5 Å². The molecule has 4 aromatic rings. The van der Waals surface area contributed by atoms with Gasteiger partial charge in [-0.25, -0.2) is 13.1 Å². The van der Waals surface area contributed by atoms with Gasteiger partial charge in [-0.05, 0) is 52.4 Å². The second-order valence-corrected chi connectivity index (χ2v) is 7.85. The Balaban J connectivity index is 1.64. The van der Waals surface area contributed by atoms with Crippen LogP contribution in [-0.4, -0.2) is 28.6 Å². The van der Waals surface area contributed by atoms with E-state index in [1.54, 1.807) is 25.1 Å². The number of aromatic nitrogens is 4. The number of fused-ring (bicyclic) bond motifs is 1. The quantitative estimate of drug-likeness (QED) is 0.576. The smallest absolute Gasteiger partial charge is 0.207 e. The molecular weight excluding hydrogens is 362 g/mol. The molecule has 1 N–H and O–H groups in total. The van der Waals surface area contributed by atoms with Crippen LogP contribution in [-0.2, 0) is 10.0 Å². The van der Waals surface area contributed by atoms with Gasteiger partial charge in [0, 0.05) is 0 Å². The molecule has 4 rings (SSSR count). The fourth-order valence-electron chi connectivity index (χ4n) is 2.91. The summed E-state index contributed by atoms with van der Waals surface area (Å²) in [5.74, 6) is 0.408. The van der Waals surface area contributed by atoms with Crippen molar-refractivity contribution >= 4 is 20.8 Å². The van der Waals surface area contributed by atoms with Gasteiger partial charge in [-0.2, -0.15) is 4.68 Å². The van der Waals surface area contributed by atoms with Gasteiger partial charge in [-0.15, -0.1) is 5.10 Å². The summed E-state index contributed by atoms with van der Waals surface area (Å²) < 4.78 is 29.9. The van der Waals surface area contributed by atoms with Crippen LogP contribution in [0.2, 0.25) is 0 Å². The summed E-state index contributed by atoms with van der Waals surface area (Å²) in [7, 11) is -3.73. The first-order valence-corrected chi connectivity index (χ1v) is 9.88. The van der Waals surface area contributed by atoms with Crippen molar-refractivity contribution in [3.05, 3.63) is 78.6 Å². The molecule has 0 saturated heterocycles. The highest BCUT2D eigenvalue weighted by atomic mass is 32.2. The molecule has 3 aromatic carbocycles. The molecule has 0 fully saturated rings. The van der Waals surface area contributed by atoms with E-state index in [1.807, 2.05) is 54.6 Å². The zero-order valence-electron chi connectivity index (χ0n) is 14.5. The minimum absolute atomic E-state index is 0.201. The second kappa shape index (κ2) is 6.90. The first-order valence-electron chi connectivity index (χ1n) is 8.39. The number of hydrogen-bond acceptors (Lipinski definition) is 5. The van der Waals surface area contributed by atoms with Gasteiger partial charge in [0.05, 0.1) is 16.6 Å². The Kier molecular flexibility index (Phi) is 4.43. The molecule has 1 unspecified atom stereocenters. The van der Waals surface area contributed by atoms with Gasteiger partial charge < -0.3 is 0 Å². The van der Waals surface area contributed by atoms with Gasteiger partial charge in [0.15, 0.2) is 5.82 Å². The predicted molar refractivity (Wildman–Crippen MR) is 102 cm³/mol. The van der Waals surface area contributed by atoms with Crippen molar-refractivity contribution in [1.29, 1.82) is 0 Å². The summed E-state index contributed by atoms with van der Waals surface area (Å²) in [6.07, 6.45) is 0. The largest absolute Gasteiger partial charge is 0.241 e. The maximum Gasteiger partial charge on any atom is 0.241 e. The minimum atomic E-state index is -3.73. The van der Waals surface area contributed by atoms with E-state index in [0.717, 1.165) is 16.5 Å². The molecule has 136 valence electrons. The second-order valence-electron chi connectivity index (χ2n) is 6.14. The molecule has 1 heterocycles. The third-order valence-corrected chi connectivity index (χ3v) is 5.78. The number of nitrogens with zero attached hydrogens (tertiary/aromatic N) is 4. The maximum atomic E-state index is 12.8. The molecular formula is C19H17N5O2S. The van der Waals surface area contributed by atoms with Gasteiger partial charge in [0.25, 0.3) is 0 Å². The number of tetrazole rings is 1. The lowest BCUT2D eigenvalue weighted by molar-refractivity contribution is 0.555. The third kappa shape index (κ3) is 3.44. The van der Waals surface area contributed by atoms with Crippen molar-refractivity contribution in [2.75, 3.05) is 0 Å². The number of nitrogens with one attached hydrogen (secondary N) is 1. The van der Waals surface area contributed by atoms with Crippen LogP contribution in [0.15, 0.2) is 77.7 Å². The summed E-state index contributed by atoms with van der Waals surface area (Å²) in [4.78, 5) is 0.201. The van der Waals surface area contributed by atoms with Gasteiger partial charge in [0.2, 0.25) is 10.0 Å². The molecule has 0 aliphatic rings. The molecule has 0 bridgehead atoms. The van der Waals surface area contributed by atoms with Gasteiger partial charge in [-0.1, -0.05) is 48.5 Å². The van der Waals surface area contributed by atoms with E-state index in [4.69, 9.17) is 0 Å². The fraction of sp³-hybridized carbons (Fsp3) is 0.105. The van der Waals surface area contributed by atoms with Crippen molar-refractivity contribution < 1.29 is 8.42 Å². The summed E-state index contributed by atoms with van der Waals surface area (Å²) in [6.45, 7) is 1.71. The Morgan fingerprint density at radius 3 is 2.41 bits per heavy atom. The van der Waals surface area contributed by atoms with Gasteiger partial charge in [-0.3, -0.25) is 0 Å². The van der Waals surface area contributed by atoms with Crippen molar-refractivity contribution in [2.24, 2.45) is 0 Å². The minimum Gasteiger partial charge on any atom is -0.207 e. The first kappa shape index (κ1) is 17.3. The number of rotatable bonds is 5. The van der Waals surface area contributed by atoms with Crippen LogP contribution >= 0.6 is 0 Å². The van der Waals surface area contributed by atoms with Crippen molar-refractivity contribution in [3.63, 3.8) is 0 Å². The molecule has 27 heavy (non-hydrogen) atoms. The van der Waals surface area contributed by atoms with E-state index >= 15 is 0 Å². The molecule has 1 atom stereocenters. The third-order valence-electron chi connectivity index (χ3n) is 4.24. The van der Waals surface area contributed by atoms with Crippen molar-refractivity contribution in [3.8, 4) is 5.69 Å². The lowest BCUT2D eigenvalue weighted by Crippen LogP contribution is -2.29. The van der Waals surface area contributed by atoms with Crippen LogP contribution in [0.3, 0.4) is 0 Å². The highest BCUT2D eigenvalue weighted by molar-refractivity contribution is 7.89. The topological polar surface area (TPSA) is 89.8 Å². The maximum absolute atomic E-state index is 12.8. The van der Waals surface area contributed by atoms with Crippen LogP contribution in [0.4, 0.5) is 0 Å². The van der Waals surface area contributed by atoms with Crippen LogP contribution < -0.4 is 4.72 Å². The van der Waals surface area contributed by atoms with E-state index in [9.17, 15) is 8.42 Å². The molecule has 0 aliphatic heterocycles. The lowest BCUT2D eigenvalue weighted by atomic mass is 10.1. The normalized spacial score (nSPS) is 12.9. The Labute approximate surface area is 156 Å². The Morgan fingerprint density at radius 2 is 1.63 bits per heavy atom. The Hall–Kier alpha value is -3.10. The highest BCUT2D eigenvalue weighted by Gasteiger charge is 2.23. The van der Waals surface area contributed by atoms with Crippen LogP contribution in [0.5, 0.6) is 0 Å². The van der Waals surface area contributed by atoms with Gasteiger partial charge in [0.1, 0.15) is 0 Å². The SMILES string of the molecule is CC(NS(=O)(=O)c1ccc2ccccc2c1)c1nnnn1-c1ccccc1. The van der Waals surface area contributed by atoms with Crippen molar-refractivity contribution in [1.82, 2.24) is 24.9 Å². The molecule has 1 aromatic heterocycles. The van der Waals surface area contributed by atoms with Crippen molar-refractivity contribution in [2.45, 2.75) is 17.9 Å². The number of hydrogen-bond donors (Lipinski definition) is 1. The average molecular weight is 379 g/mol. The van der Waals surface area contributed by atoms with E-state index in [-0.39, 0.29) is 4.90 Å². The Bertz CT molecular complexity index is 1190. The molecule has 0 amide bonds. The van der Waals surface area contributed by atoms with E-state index < -0.39 is 16.1 Å². The molecule has 8 heteroatoms. The molecule has 7 nitrogen and oxygen atoms in total. The van der Waals surface area contributed by atoms with Crippen LogP contribution in [0, 0.1) is 0 Å². The molecule has 0 spiro atoms. The molecule has 0 aliphatic carbocycles. The fourth-order valence-corrected chi connectivity index (χ4v) is 4.14. The zero-order chi connectivity index (χ0) is 18.9. The average Bonchev–Trinajstić information content (AvgIpc) is 3.18. The molecule has 0 radical (unpaired) electrons. The van der Waals surface area contributed by atoms with Crippen LogP contribution in [0.1, 0.15) is 18.8 Å². The Morgan fingerprint density at radius 1 is 0.926 bits per heavy atom. The first-order chi connectivity index (χ1) is 13.0. The summed E-state index contributed by atoms with van der Waals surface area (Å²) in [5.41, 5.74) is 0.759. The van der Waals surface area contributed by atoms with E-state index in [2.05, 4.69) is 20.2 Å².